The lowest BCUT2D eigenvalue weighted by Gasteiger charge is -2.43. The Bertz CT molecular complexity index is 1070. The number of aromatic nitrogens is 4. The van der Waals surface area contributed by atoms with Crippen LogP contribution in [-0.4, -0.2) is 69.3 Å². The minimum atomic E-state index is 0.00350. The molecule has 1 atom stereocenters. The molecule has 3 aromatic rings. The Morgan fingerprint density at radius 1 is 0.971 bits per heavy atom. The van der Waals surface area contributed by atoms with Crippen molar-refractivity contribution in [3.8, 4) is 5.75 Å². The predicted octanol–water partition coefficient (Wildman–Crippen LogP) is 4.27. The van der Waals surface area contributed by atoms with Gasteiger partial charge in [-0.25, -0.2) is 4.68 Å². The zero-order chi connectivity index (χ0) is 24.0. The second kappa shape index (κ2) is 11.3. The van der Waals surface area contributed by atoms with Crippen molar-refractivity contribution < 1.29 is 4.74 Å². The largest absolute Gasteiger partial charge is 0.496 e. The molecule has 1 aliphatic heterocycles. The van der Waals surface area contributed by atoms with E-state index in [0.717, 1.165) is 62.3 Å². The fraction of sp³-hybridized carbons (Fsp3) is 0.536. The van der Waals surface area contributed by atoms with Crippen LogP contribution in [0.4, 0.5) is 0 Å². The molecule has 7 nitrogen and oxygen atoms in total. The number of rotatable bonds is 8. The molecule has 0 radical (unpaired) electrons. The van der Waals surface area contributed by atoms with Gasteiger partial charge in [0.2, 0.25) is 0 Å². The molecule has 0 N–H and O–H groups in total. The van der Waals surface area contributed by atoms with E-state index in [0.29, 0.717) is 0 Å². The molecule has 1 saturated carbocycles. The van der Waals surface area contributed by atoms with Gasteiger partial charge in [0.1, 0.15) is 5.75 Å². The van der Waals surface area contributed by atoms with Crippen LogP contribution in [-0.2, 0) is 13.0 Å². The van der Waals surface area contributed by atoms with Crippen molar-refractivity contribution in [3.63, 3.8) is 0 Å². The van der Waals surface area contributed by atoms with Crippen LogP contribution in [0.5, 0.6) is 5.75 Å². The zero-order valence-electron chi connectivity index (χ0n) is 21.1. The van der Waals surface area contributed by atoms with Gasteiger partial charge in [0.15, 0.2) is 5.82 Å². The highest BCUT2D eigenvalue weighted by atomic mass is 16.5. The van der Waals surface area contributed by atoms with Gasteiger partial charge in [-0.1, -0.05) is 61.7 Å². The highest BCUT2D eigenvalue weighted by Crippen LogP contribution is 2.33. The summed E-state index contributed by atoms with van der Waals surface area (Å²) in [6, 6.07) is 17.9. The zero-order valence-corrected chi connectivity index (χ0v) is 21.1. The summed E-state index contributed by atoms with van der Waals surface area (Å²) in [4.78, 5) is 5.29. The van der Waals surface area contributed by atoms with Crippen molar-refractivity contribution in [3.05, 3.63) is 71.0 Å². The van der Waals surface area contributed by atoms with Crippen molar-refractivity contribution in [1.82, 2.24) is 30.0 Å². The number of hydrogen-bond donors (Lipinski definition) is 0. The number of benzene rings is 2. The topological polar surface area (TPSA) is 59.3 Å². The van der Waals surface area contributed by atoms with Crippen molar-refractivity contribution in [2.45, 2.75) is 64.1 Å². The molecule has 1 aromatic heterocycles. The average Bonchev–Trinajstić information content (AvgIpc) is 3.38. The van der Waals surface area contributed by atoms with E-state index >= 15 is 0 Å². The van der Waals surface area contributed by atoms with Gasteiger partial charge < -0.3 is 4.74 Å². The first kappa shape index (κ1) is 23.9. The maximum absolute atomic E-state index is 5.69. The van der Waals surface area contributed by atoms with Crippen LogP contribution in [0.1, 0.15) is 60.7 Å². The van der Waals surface area contributed by atoms with E-state index in [4.69, 9.17) is 4.74 Å². The minimum Gasteiger partial charge on any atom is -0.496 e. The molecule has 5 rings (SSSR count). The lowest BCUT2D eigenvalue weighted by atomic mass is 9.93. The summed E-state index contributed by atoms with van der Waals surface area (Å²) in [5.41, 5.74) is 3.62. The van der Waals surface area contributed by atoms with E-state index in [1.54, 1.807) is 7.11 Å². The molecule has 2 aliphatic rings. The number of methoxy groups -OCH3 is 1. The molecule has 1 saturated heterocycles. The second-order valence-corrected chi connectivity index (χ2v) is 9.99. The molecule has 1 aliphatic carbocycles. The monoisotopic (exact) mass is 474 g/mol. The third kappa shape index (κ3) is 5.57. The molecule has 2 fully saturated rings. The Morgan fingerprint density at radius 3 is 2.49 bits per heavy atom. The summed E-state index contributed by atoms with van der Waals surface area (Å²) in [6.07, 6.45) is 7.78. The fourth-order valence-corrected chi connectivity index (χ4v) is 5.78. The molecular formula is C28H38N6O. The lowest BCUT2D eigenvalue weighted by molar-refractivity contribution is 0.0619. The minimum absolute atomic E-state index is 0.00350. The van der Waals surface area contributed by atoms with Crippen LogP contribution in [0.25, 0.3) is 0 Å². The van der Waals surface area contributed by atoms with Crippen molar-refractivity contribution in [1.29, 1.82) is 0 Å². The van der Waals surface area contributed by atoms with Crippen LogP contribution in [0.2, 0.25) is 0 Å². The Morgan fingerprint density at radius 2 is 1.74 bits per heavy atom. The molecule has 0 bridgehead atoms. The third-order valence-electron chi connectivity index (χ3n) is 7.81. The highest BCUT2D eigenvalue weighted by molar-refractivity contribution is 5.39. The van der Waals surface area contributed by atoms with Crippen LogP contribution in [0.3, 0.4) is 0 Å². The van der Waals surface area contributed by atoms with Crippen LogP contribution in [0.15, 0.2) is 48.5 Å². The van der Waals surface area contributed by atoms with Crippen molar-refractivity contribution in [2.24, 2.45) is 0 Å². The molecule has 0 spiro atoms. The average molecular weight is 475 g/mol. The molecule has 186 valence electrons. The van der Waals surface area contributed by atoms with Gasteiger partial charge in [-0.3, -0.25) is 9.80 Å². The van der Waals surface area contributed by atoms with E-state index in [2.05, 4.69) is 80.8 Å². The van der Waals surface area contributed by atoms with Crippen LogP contribution in [0, 0.1) is 6.92 Å². The Hall–Kier alpha value is -2.77. The predicted molar refractivity (Wildman–Crippen MR) is 138 cm³/mol. The summed E-state index contributed by atoms with van der Waals surface area (Å²) >= 11 is 0. The maximum Gasteiger partial charge on any atom is 0.173 e. The van der Waals surface area contributed by atoms with Gasteiger partial charge in [-0.2, -0.15) is 0 Å². The molecule has 0 amide bonds. The first-order valence-electron chi connectivity index (χ1n) is 13.2. The SMILES string of the molecule is COc1cc(C(c2nnnn2CCc2ccccc2)N2CCN(C3CCCCC3)CC2)ccc1C. The molecule has 1 unspecified atom stereocenters. The highest BCUT2D eigenvalue weighted by Gasteiger charge is 2.33. The standard InChI is InChI=1S/C28H38N6O/c1-22-13-14-24(21-26(22)35-2)27(33-19-17-32(18-20-33)25-11-7-4-8-12-25)28-29-30-31-34(28)16-15-23-9-5-3-6-10-23/h3,5-6,9-10,13-14,21,25,27H,4,7-8,11-12,15-20H2,1-2H3. The lowest BCUT2D eigenvalue weighted by Crippen LogP contribution is -2.52. The summed E-state index contributed by atoms with van der Waals surface area (Å²) in [7, 11) is 1.74. The van der Waals surface area contributed by atoms with Crippen molar-refractivity contribution in [2.75, 3.05) is 33.3 Å². The van der Waals surface area contributed by atoms with E-state index in [1.807, 2.05) is 4.68 Å². The summed E-state index contributed by atoms with van der Waals surface area (Å²) < 4.78 is 7.68. The molecular weight excluding hydrogens is 436 g/mol. The van der Waals surface area contributed by atoms with E-state index in [9.17, 15) is 0 Å². The van der Waals surface area contributed by atoms with E-state index in [-0.39, 0.29) is 6.04 Å². The van der Waals surface area contributed by atoms with Gasteiger partial charge in [0, 0.05) is 38.8 Å². The number of piperazine rings is 1. The van der Waals surface area contributed by atoms with Gasteiger partial charge >= 0.3 is 0 Å². The van der Waals surface area contributed by atoms with Gasteiger partial charge in [-0.15, -0.1) is 5.10 Å². The molecule has 35 heavy (non-hydrogen) atoms. The van der Waals surface area contributed by atoms with Crippen LogP contribution >= 0.6 is 0 Å². The molecule has 2 heterocycles. The molecule has 2 aromatic carbocycles. The number of tetrazole rings is 1. The van der Waals surface area contributed by atoms with Crippen molar-refractivity contribution >= 4 is 0 Å². The normalized spacial score (nSPS) is 19.0. The maximum atomic E-state index is 5.69. The quantitative estimate of drug-likeness (QED) is 0.486. The Balaban J connectivity index is 1.39. The number of ether oxygens (including phenoxy) is 1. The third-order valence-corrected chi connectivity index (χ3v) is 7.81. The summed E-state index contributed by atoms with van der Waals surface area (Å²) in [6.45, 7) is 7.09. The smallest absolute Gasteiger partial charge is 0.173 e. The van der Waals surface area contributed by atoms with E-state index < -0.39 is 0 Å². The fourth-order valence-electron chi connectivity index (χ4n) is 5.78. The van der Waals surface area contributed by atoms with Gasteiger partial charge in [0.05, 0.1) is 13.2 Å². The second-order valence-electron chi connectivity index (χ2n) is 9.99. The Kier molecular flexibility index (Phi) is 7.74. The first-order chi connectivity index (χ1) is 17.2. The van der Waals surface area contributed by atoms with Crippen LogP contribution < -0.4 is 4.74 Å². The Labute approximate surface area is 209 Å². The number of aryl methyl sites for hydroxylation is 3. The van der Waals surface area contributed by atoms with E-state index in [1.165, 1.54) is 43.2 Å². The number of hydrogen-bond acceptors (Lipinski definition) is 6. The van der Waals surface area contributed by atoms with Gasteiger partial charge in [-0.05, 0) is 59.4 Å². The number of nitrogens with zero attached hydrogens (tertiary/aromatic N) is 6. The summed E-state index contributed by atoms with van der Waals surface area (Å²) in [5, 5.41) is 13.1. The molecule has 7 heteroatoms. The van der Waals surface area contributed by atoms with Gasteiger partial charge in [0.25, 0.3) is 0 Å². The first-order valence-corrected chi connectivity index (χ1v) is 13.2. The summed E-state index contributed by atoms with van der Waals surface area (Å²) in [5.74, 6) is 1.83.